The summed E-state index contributed by atoms with van der Waals surface area (Å²) in [4.78, 5) is 10.2. The van der Waals surface area contributed by atoms with Crippen molar-refractivity contribution in [1.82, 2.24) is 0 Å². The number of hydrogen-bond acceptors (Lipinski definition) is 1. The van der Waals surface area contributed by atoms with Gasteiger partial charge in [-0.3, -0.25) is 4.57 Å². The predicted molar refractivity (Wildman–Crippen MR) is 56.5 cm³/mol. The highest BCUT2D eigenvalue weighted by molar-refractivity contribution is 7.61. The Morgan fingerprint density at radius 1 is 1.00 bits per heavy atom. The smallest absolute Gasteiger partial charge is 0.211 e. The van der Waals surface area contributed by atoms with Crippen molar-refractivity contribution in [1.29, 1.82) is 0 Å². The van der Waals surface area contributed by atoms with Crippen LogP contribution in [0.25, 0.3) is 0 Å². The van der Waals surface area contributed by atoms with Crippen LogP contribution in [0.1, 0.15) is 53.4 Å². The second-order valence-electron chi connectivity index (χ2n) is 5.41. The van der Waals surface area contributed by atoms with Crippen LogP contribution >= 0.6 is 7.37 Å². The molecule has 0 aromatic carbocycles. The summed E-state index contributed by atoms with van der Waals surface area (Å²) in [6.45, 7) is 7.73. The Labute approximate surface area is 81.2 Å². The average Bonchev–Trinajstić information content (AvgIpc) is 2.01. The monoisotopic (exact) mass is 204 g/mol. The molecule has 0 atom stereocenters. The van der Waals surface area contributed by atoms with E-state index in [0.29, 0.717) is 0 Å². The molecule has 1 fully saturated rings. The van der Waals surface area contributed by atoms with Gasteiger partial charge >= 0.3 is 0 Å². The molecule has 1 aliphatic heterocycles. The van der Waals surface area contributed by atoms with Gasteiger partial charge in [0.05, 0.1) is 0 Å². The SMILES string of the molecule is CC1(C)CCCCC(C)(C)P1(=O)O. The molecule has 1 aliphatic rings. The fourth-order valence-corrected chi connectivity index (χ4v) is 4.80. The Morgan fingerprint density at radius 2 is 1.31 bits per heavy atom. The van der Waals surface area contributed by atoms with E-state index in [1.807, 2.05) is 27.7 Å². The minimum absolute atomic E-state index is 0.396. The van der Waals surface area contributed by atoms with Crippen LogP contribution in [0.2, 0.25) is 0 Å². The van der Waals surface area contributed by atoms with Crippen LogP contribution < -0.4 is 0 Å². The van der Waals surface area contributed by atoms with Crippen molar-refractivity contribution in [2.75, 3.05) is 0 Å². The highest BCUT2D eigenvalue weighted by Crippen LogP contribution is 2.68. The van der Waals surface area contributed by atoms with E-state index in [0.717, 1.165) is 25.7 Å². The van der Waals surface area contributed by atoms with Gasteiger partial charge in [-0.05, 0) is 12.8 Å². The molecule has 1 rings (SSSR count). The van der Waals surface area contributed by atoms with Crippen molar-refractivity contribution in [2.45, 2.75) is 63.7 Å². The summed E-state index contributed by atoms with van der Waals surface area (Å²) in [7, 11) is -3.04. The van der Waals surface area contributed by atoms with E-state index in [9.17, 15) is 9.46 Å². The van der Waals surface area contributed by atoms with Crippen LogP contribution in [-0.2, 0) is 4.57 Å². The van der Waals surface area contributed by atoms with E-state index in [2.05, 4.69) is 0 Å². The first-order chi connectivity index (χ1) is 5.71. The quantitative estimate of drug-likeness (QED) is 0.614. The molecule has 0 bridgehead atoms. The maximum absolute atomic E-state index is 12.3. The first-order valence-electron chi connectivity index (χ1n) is 5.04. The van der Waals surface area contributed by atoms with Crippen LogP contribution in [0.15, 0.2) is 0 Å². The standard InChI is InChI=1S/C10H21O2P/c1-9(2)7-5-6-8-10(3,4)13(9,11)12/h5-8H2,1-4H3,(H,11,12). The third-order valence-corrected chi connectivity index (χ3v) is 7.20. The van der Waals surface area contributed by atoms with Gasteiger partial charge in [-0.15, -0.1) is 0 Å². The Bertz CT molecular complexity index is 221. The largest absolute Gasteiger partial charge is 0.344 e. The molecule has 1 heterocycles. The molecule has 0 spiro atoms. The predicted octanol–water partition coefficient (Wildman–Crippen LogP) is 3.39. The molecule has 0 saturated carbocycles. The molecular formula is C10H21O2P. The zero-order valence-electron chi connectivity index (χ0n) is 9.13. The van der Waals surface area contributed by atoms with E-state index < -0.39 is 17.7 Å². The molecule has 0 amide bonds. The van der Waals surface area contributed by atoms with Gasteiger partial charge in [-0.1, -0.05) is 40.5 Å². The molecule has 0 aromatic heterocycles. The topological polar surface area (TPSA) is 37.3 Å². The fourth-order valence-electron chi connectivity index (χ4n) is 2.24. The maximum Gasteiger partial charge on any atom is 0.211 e. The van der Waals surface area contributed by atoms with Gasteiger partial charge in [0, 0.05) is 10.3 Å². The molecule has 2 nitrogen and oxygen atoms in total. The zero-order valence-corrected chi connectivity index (χ0v) is 10.0. The van der Waals surface area contributed by atoms with Gasteiger partial charge in [0.2, 0.25) is 7.37 Å². The lowest BCUT2D eigenvalue weighted by Gasteiger charge is -2.38. The lowest BCUT2D eigenvalue weighted by atomic mass is 10.0. The van der Waals surface area contributed by atoms with Crippen molar-refractivity contribution in [3.05, 3.63) is 0 Å². The summed E-state index contributed by atoms with van der Waals surface area (Å²) in [5.74, 6) is 0. The van der Waals surface area contributed by atoms with Crippen molar-refractivity contribution in [2.24, 2.45) is 0 Å². The van der Waals surface area contributed by atoms with Crippen molar-refractivity contribution in [3.63, 3.8) is 0 Å². The number of rotatable bonds is 0. The van der Waals surface area contributed by atoms with E-state index in [1.165, 1.54) is 0 Å². The molecular weight excluding hydrogens is 183 g/mol. The van der Waals surface area contributed by atoms with E-state index >= 15 is 0 Å². The summed E-state index contributed by atoms with van der Waals surface area (Å²) < 4.78 is 12.3. The molecule has 13 heavy (non-hydrogen) atoms. The van der Waals surface area contributed by atoms with Gasteiger partial charge in [0.1, 0.15) is 0 Å². The second-order valence-corrected chi connectivity index (χ2v) is 8.98. The van der Waals surface area contributed by atoms with E-state index in [-0.39, 0.29) is 0 Å². The minimum atomic E-state index is -3.04. The third kappa shape index (κ3) is 1.71. The van der Waals surface area contributed by atoms with Crippen molar-refractivity contribution in [3.8, 4) is 0 Å². The molecule has 1 N–H and O–H groups in total. The van der Waals surface area contributed by atoms with Gasteiger partial charge in [-0.25, -0.2) is 0 Å². The van der Waals surface area contributed by atoms with Gasteiger partial charge in [0.25, 0.3) is 0 Å². The summed E-state index contributed by atoms with van der Waals surface area (Å²) in [5, 5.41) is -0.792. The highest BCUT2D eigenvalue weighted by Gasteiger charge is 2.50. The van der Waals surface area contributed by atoms with E-state index in [4.69, 9.17) is 0 Å². The van der Waals surface area contributed by atoms with Crippen LogP contribution in [0.3, 0.4) is 0 Å². The van der Waals surface area contributed by atoms with E-state index in [1.54, 1.807) is 0 Å². The molecule has 0 aliphatic carbocycles. The number of hydrogen-bond donors (Lipinski definition) is 1. The van der Waals surface area contributed by atoms with Crippen LogP contribution in [0.5, 0.6) is 0 Å². The Morgan fingerprint density at radius 3 is 1.62 bits per heavy atom. The molecule has 3 heteroatoms. The van der Waals surface area contributed by atoms with Crippen molar-refractivity contribution < 1.29 is 9.46 Å². The Kier molecular flexibility index (Phi) is 2.69. The normalized spacial score (nSPS) is 30.8. The molecule has 0 radical (unpaired) electrons. The molecule has 0 aromatic rings. The average molecular weight is 204 g/mol. The fraction of sp³-hybridized carbons (Fsp3) is 1.00. The first kappa shape index (κ1) is 11.3. The molecule has 78 valence electrons. The third-order valence-electron chi connectivity index (χ3n) is 3.47. The van der Waals surface area contributed by atoms with Crippen molar-refractivity contribution >= 4 is 7.37 Å². The Hall–Kier alpha value is 0.190. The molecule has 1 saturated heterocycles. The lowest BCUT2D eigenvalue weighted by molar-refractivity contribution is 0.399. The first-order valence-corrected chi connectivity index (χ1v) is 6.70. The summed E-state index contributed by atoms with van der Waals surface area (Å²) in [6.07, 6.45) is 3.93. The van der Waals surface area contributed by atoms with Crippen LogP contribution in [0, 0.1) is 0 Å². The highest BCUT2D eigenvalue weighted by atomic mass is 31.2. The van der Waals surface area contributed by atoms with Gasteiger partial charge in [-0.2, -0.15) is 0 Å². The molecule has 0 unspecified atom stereocenters. The lowest BCUT2D eigenvalue weighted by Crippen LogP contribution is -2.30. The van der Waals surface area contributed by atoms with Crippen LogP contribution in [0.4, 0.5) is 0 Å². The van der Waals surface area contributed by atoms with Crippen LogP contribution in [-0.4, -0.2) is 15.2 Å². The zero-order chi connectivity index (χ0) is 10.3. The second kappa shape index (κ2) is 3.10. The summed E-state index contributed by atoms with van der Waals surface area (Å²) >= 11 is 0. The summed E-state index contributed by atoms with van der Waals surface area (Å²) in [6, 6.07) is 0. The van der Waals surface area contributed by atoms with Gasteiger partial charge < -0.3 is 4.89 Å². The summed E-state index contributed by atoms with van der Waals surface area (Å²) in [5.41, 5.74) is 0. The minimum Gasteiger partial charge on any atom is -0.344 e. The van der Waals surface area contributed by atoms with Gasteiger partial charge in [0.15, 0.2) is 0 Å². The maximum atomic E-state index is 12.3. The Balaban J connectivity index is 3.11.